The Hall–Kier alpha value is -1.87. The van der Waals surface area contributed by atoms with Crippen molar-refractivity contribution in [3.63, 3.8) is 0 Å². The first-order valence-corrected chi connectivity index (χ1v) is 15.7. The highest BCUT2D eigenvalue weighted by Crippen LogP contribution is 2.76. The van der Waals surface area contributed by atoms with Crippen molar-refractivity contribution >= 4 is 11.5 Å². The van der Waals surface area contributed by atoms with E-state index in [4.69, 9.17) is 10.5 Å². The summed E-state index contributed by atoms with van der Waals surface area (Å²) in [7, 11) is 1.44. The van der Waals surface area contributed by atoms with Crippen molar-refractivity contribution in [3.05, 3.63) is 54.1 Å². The Morgan fingerprint density at radius 1 is 0.923 bits per heavy atom. The molecule has 1 aromatic rings. The molecule has 5 aliphatic carbocycles. The number of fused-ring (bicyclic) bond motifs is 7. The highest BCUT2D eigenvalue weighted by Gasteiger charge is 2.69. The van der Waals surface area contributed by atoms with E-state index in [1.807, 2.05) is 12.1 Å². The maximum Gasteiger partial charge on any atom is 0.337 e. The SMILES string of the molecule is C=C[C@@H]1CC[C@]2(N)CC[C@]3(C)C(CCC4[C@@]5(C)CC=C(c6ccc(C(=O)OC)cc6)C(C)(C)C5CC[C@]43C)C12. The van der Waals surface area contributed by atoms with Crippen molar-refractivity contribution in [1.82, 2.24) is 0 Å². The van der Waals surface area contributed by atoms with Crippen LogP contribution in [0, 0.1) is 51.2 Å². The van der Waals surface area contributed by atoms with Crippen molar-refractivity contribution in [2.24, 2.45) is 57.0 Å². The molecule has 212 valence electrons. The third kappa shape index (κ3) is 3.53. The van der Waals surface area contributed by atoms with Crippen LogP contribution in [-0.2, 0) is 4.74 Å². The van der Waals surface area contributed by atoms with Crippen LogP contribution in [-0.4, -0.2) is 18.6 Å². The van der Waals surface area contributed by atoms with Gasteiger partial charge in [-0.05, 0) is 132 Å². The van der Waals surface area contributed by atoms with Crippen LogP contribution in [0.15, 0.2) is 43.0 Å². The van der Waals surface area contributed by atoms with Crippen molar-refractivity contribution in [3.8, 4) is 0 Å². The fourth-order valence-electron chi connectivity index (χ4n) is 12.0. The first kappa shape index (κ1) is 27.3. The summed E-state index contributed by atoms with van der Waals surface area (Å²) in [6.07, 6.45) is 16.2. The second kappa shape index (κ2) is 8.81. The summed E-state index contributed by atoms with van der Waals surface area (Å²) in [6, 6.07) is 8.10. The summed E-state index contributed by atoms with van der Waals surface area (Å²) in [5, 5.41) is 0. The van der Waals surface area contributed by atoms with Crippen LogP contribution in [0.3, 0.4) is 0 Å². The average molecular weight is 530 g/mol. The zero-order chi connectivity index (χ0) is 28.0. The average Bonchev–Trinajstić information content (AvgIpc) is 3.25. The van der Waals surface area contributed by atoms with Crippen LogP contribution in [0.1, 0.15) is 108 Å². The van der Waals surface area contributed by atoms with Gasteiger partial charge in [0.2, 0.25) is 0 Å². The lowest BCUT2D eigenvalue weighted by molar-refractivity contribution is -0.217. The van der Waals surface area contributed by atoms with E-state index < -0.39 is 0 Å². The third-order valence-electron chi connectivity index (χ3n) is 14.0. The van der Waals surface area contributed by atoms with E-state index in [1.165, 1.54) is 69.6 Å². The van der Waals surface area contributed by atoms with E-state index in [1.54, 1.807) is 0 Å². The summed E-state index contributed by atoms with van der Waals surface area (Å²) >= 11 is 0. The number of nitrogens with two attached hydrogens (primary N) is 1. The molecule has 9 atom stereocenters. The number of esters is 1. The molecule has 0 spiro atoms. The normalized spacial score (nSPS) is 46.1. The summed E-state index contributed by atoms with van der Waals surface area (Å²) in [5.41, 5.74) is 11.6. The van der Waals surface area contributed by atoms with Gasteiger partial charge < -0.3 is 10.5 Å². The number of carbonyl (C=O) groups is 1. The standard InChI is InChI=1S/C36H51NO2/c1-8-23-15-20-36(37)22-21-34(5)27(30(23)36)13-14-29-33(4)18-16-26(24-9-11-25(12-10-24)31(38)39-7)32(2,3)28(33)17-19-35(29,34)6/h8-12,16,23,27-30H,1,13-15,17-22,37H2,2-7H3/t23-,27?,28?,29?,30?,33+,34-,35-,36+/m1/s1. The highest BCUT2D eigenvalue weighted by molar-refractivity contribution is 5.89. The lowest BCUT2D eigenvalue weighted by atomic mass is 9.33. The van der Waals surface area contributed by atoms with Gasteiger partial charge in [0.25, 0.3) is 0 Å². The van der Waals surface area contributed by atoms with Crippen LogP contribution in [0.4, 0.5) is 0 Å². The molecule has 3 nitrogen and oxygen atoms in total. The molecule has 0 radical (unpaired) electrons. The fourth-order valence-corrected chi connectivity index (χ4v) is 12.0. The van der Waals surface area contributed by atoms with Crippen LogP contribution in [0.5, 0.6) is 0 Å². The molecule has 0 saturated heterocycles. The van der Waals surface area contributed by atoms with E-state index in [9.17, 15) is 4.79 Å². The number of ether oxygens (including phenoxy) is 1. The quantitative estimate of drug-likeness (QED) is 0.316. The second-order valence-corrected chi connectivity index (χ2v) is 15.5. The molecule has 0 aliphatic heterocycles. The molecular weight excluding hydrogens is 478 g/mol. The van der Waals surface area contributed by atoms with E-state index in [0.29, 0.717) is 39.6 Å². The largest absolute Gasteiger partial charge is 0.465 e. The van der Waals surface area contributed by atoms with Gasteiger partial charge in [0.15, 0.2) is 0 Å². The van der Waals surface area contributed by atoms with Gasteiger partial charge in [-0.2, -0.15) is 0 Å². The second-order valence-electron chi connectivity index (χ2n) is 15.5. The summed E-state index contributed by atoms with van der Waals surface area (Å²) in [4.78, 5) is 12.0. The minimum atomic E-state index is -0.270. The summed E-state index contributed by atoms with van der Waals surface area (Å²) in [5.74, 6) is 3.04. The lowest BCUT2D eigenvalue weighted by Crippen LogP contribution is -2.67. The van der Waals surface area contributed by atoms with Crippen molar-refractivity contribution in [2.45, 2.75) is 97.9 Å². The van der Waals surface area contributed by atoms with E-state index in [0.717, 1.165) is 18.3 Å². The van der Waals surface area contributed by atoms with E-state index in [-0.39, 0.29) is 16.9 Å². The predicted octanol–water partition coefficient (Wildman–Crippen LogP) is 8.45. The van der Waals surface area contributed by atoms with Crippen molar-refractivity contribution < 1.29 is 9.53 Å². The molecule has 0 heterocycles. The number of allylic oxidation sites excluding steroid dienone is 3. The smallest absolute Gasteiger partial charge is 0.337 e. The highest BCUT2D eigenvalue weighted by atomic mass is 16.5. The lowest BCUT2D eigenvalue weighted by Gasteiger charge is -2.72. The zero-order valence-electron chi connectivity index (χ0n) is 25.3. The Bertz CT molecular complexity index is 1200. The molecule has 39 heavy (non-hydrogen) atoms. The minimum absolute atomic E-state index is 0.0290. The van der Waals surface area contributed by atoms with E-state index in [2.05, 4.69) is 65.5 Å². The van der Waals surface area contributed by atoms with Crippen LogP contribution >= 0.6 is 0 Å². The molecule has 0 bridgehead atoms. The molecular formula is C36H51NO2. The van der Waals surface area contributed by atoms with Crippen LogP contribution < -0.4 is 5.73 Å². The molecule has 6 rings (SSSR count). The van der Waals surface area contributed by atoms with Gasteiger partial charge in [-0.3, -0.25) is 0 Å². The molecule has 3 heteroatoms. The first-order chi connectivity index (χ1) is 18.4. The zero-order valence-corrected chi connectivity index (χ0v) is 25.3. The van der Waals surface area contributed by atoms with Gasteiger partial charge in [0.05, 0.1) is 12.7 Å². The Kier molecular flexibility index (Phi) is 6.17. The first-order valence-electron chi connectivity index (χ1n) is 15.7. The summed E-state index contributed by atoms with van der Waals surface area (Å²) in [6.45, 7) is 17.3. The third-order valence-corrected chi connectivity index (χ3v) is 14.0. The summed E-state index contributed by atoms with van der Waals surface area (Å²) < 4.78 is 4.93. The molecule has 4 saturated carbocycles. The monoisotopic (exact) mass is 529 g/mol. The Balaban J connectivity index is 1.34. The molecule has 4 unspecified atom stereocenters. The minimum Gasteiger partial charge on any atom is -0.465 e. The number of methoxy groups -OCH3 is 1. The van der Waals surface area contributed by atoms with Gasteiger partial charge >= 0.3 is 5.97 Å². The van der Waals surface area contributed by atoms with Gasteiger partial charge in [-0.15, -0.1) is 6.58 Å². The number of rotatable bonds is 3. The molecule has 2 N–H and O–H groups in total. The number of hydrogen-bond donors (Lipinski definition) is 1. The van der Waals surface area contributed by atoms with E-state index >= 15 is 0 Å². The Labute approximate surface area is 237 Å². The fraction of sp³-hybridized carbons (Fsp3) is 0.694. The predicted molar refractivity (Wildman–Crippen MR) is 160 cm³/mol. The van der Waals surface area contributed by atoms with Gasteiger partial charge in [0, 0.05) is 5.54 Å². The number of benzene rings is 1. The Morgan fingerprint density at radius 2 is 1.64 bits per heavy atom. The van der Waals surface area contributed by atoms with Gasteiger partial charge in [-0.25, -0.2) is 4.79 Å². The van der Waals surface area contributed by atoms with Crippen LogP contribution in [0.2, 0.25) is 0 Å². The Morgan fingerprint density at radius 3 is 2.31 bits per heavy atom. The molecule has 1 aromatic carbocycles. The van der Waals surface area contributed by atoms with Crippen molar-refractivity contribution in [1.29, 1.82) is 0 Å². The van der Waals surface area contributed by atoms with Gasteiger partial charge in [0.1, 0.15) is 0 Å². The number of hydrogen-bond acceptors (Lipinski definition) is 3. The number of carbonyl (C=O) groups excluding carboxylic acids is 1. The van der Waals surface area contributed by atoms with Crippen LogP contribution in [0.25, 0.3) is 5.57 Å². The molecule has 0 amide bonds. The topological polar surface area (TPSA) is 52.3 Å². The molecule has 4 fully saturated rings. The maximum atomic E-state index is 12.0. The van der Waals surface area contributed by atoms with Gasteiger partial charge in [-0.1, -0.05) is 58.9 Å². The van der Waals surface area contributed by atoms with Crippen molar-refractivity contribution in [2.75, 3.05) is 7.11 Å². The molecule has 0 aromatic heterocycles. The maximum absolute atomic E-state index is 12.0. The molecule has 5 aliphatic rings.